The van der Waals surface area contributed by atoms with Crippen molar-refractivity contribution in [3.05, 3.63) is 23.1 Å². The summed E-state index contributed by atoms with van der Waals surface area (Å²) in [5.41, 5.74) is 0.569. The van der Waals surface area contributed by atoms with E-state index in [1.807, 2.05) is 0 Å². The van der Waals surface area contributed by atoms with Gasteiger partial charge in [-0.3, -0.25) is 0 Å². The molecule has 2 aromatic heterocycles. The van der Waals surface area contributed by atoms with Gasteiger partial charge < -0.3 is 9.26 Å². The summed E-state index contributed by atoms with van der Waals surface area (Å²) in [6, 6.07) is 0. The molecule has 0 N–H and O–H groups in total. The Morgan fingerprint density at radius 3 is 2.89 bits per heavy atom. The fourth-order valence-electron chi connectivity index (χ4n) is 1.49. The average Bonchev–Trinajstić information content (AvgIpc) is 2.96. The molecule has 0 aliphatic rings. The zero-order chi connectivity index (χ0) is 13.8. The predicted octanol–water partition coefficient (Wildman–Crippen LogP) is 0.933. The van der Waals surface area contributed by atoms with Crippen LogP contribution in [0.2, 0.25) is 0 Å². The number of hydrogen-bond acceptors (Lipinski definition) is 7. The van der Waals surface area contributed by atoms with Gasteiger partial charge in [-0.25, -0.2) is 9.48 Å². The molecule has 0 saturated carbocycles. The van der Waals surface area contributed by atoms with Crippen molar-refractivity contribution in [2.45, 2.75) is 26.3 Å². The predicted molar refractivity (Wildman–Crippen MR) is 63.7 cm³/mol. The normalized spacial score (nSPS) is 10.7. The van der Waals surface area contributed by atoms with Gasteiger partial charge in [0.2, 0.25) is 5.89 Å². The Morgan fingerprint density at radius 1 is 1.53 bits per heavy atom. The van der Waals surface area contributed by atoms with Crippen molar-refractivity contribution < 1.29 is 14.1 Å². The zero-order valence-electron chi connectivity index (χ0n) is 10.5. The number of alkyl halides is 1. The number of rotatable bonds is 5. The molecule has 0 spiro atoms. The molecule has 0 fully saturated rings. The van der Waals surface area contributed by atoms with Gasteiger partial charge in [-0.05, 0) is 6.92 Å². The molecule has 0 radical (unpaired) electrons. The Labute approximate surface area is 113 Å². The van der Waals surface area contributed by atoms with Crippen LogP contribution in [0.3, 0.4) is 0 Å². The lowest BCUT2D eigenvalue weighted by Crippen LogP contribution is -2.11. The molecular weight excluding hydrogens is 274 g/mol. The number of carbonyl (C=O) groups excluding carboxylic acids is 1. The SMILES string of the molecule is CCOC(=O)c1nnn(Cc2noc(C)n2)c1CCl. The van der Waals surface area contributed by atoms with E-state index in [4.69, 9.17) is 20.9 Å². The molecule has 0 bridgehead atoms. The van der Waals surface area contributed by atoms with Gasteiger partial charge in [0, 0.05) is 6.92 Å². The molecule has 0 unspecified atom stereocenters. The first-order chi connectivity index (χ1) is 9.15. The summed E-state index contributed by atoms with van der Waals surface area (Å²) in [5, 5.41) is 11.4. The number of nitrogens with zero attached hydrogens (tertiary/aromatic N) is 5. The average molecular weight is 286 g/mol. The Kier molecular flexibility index (Phi) is 4.10. The monoisotopic (exact) mass is 285 g/mol. The third-order valence-electron chi connectivity index (χ3n) is 2.29. The van der Waals surface area contributed by atoms with Crippen LogP contribution < -0.4 is 0 Å². The van der Waals surface area contributed by atoms with Crippen LogP contribution in [0.1, 0.15) is 34.8 Å². The van der Waals surface area contributed by atoms with E-state index in [1.165, 1.54) is 4.68 Å². The van der Waals surface area contributed by atoms with Crippen LogP contribution in [0.15, 0.2) is 4.52 Å². The number of ether oxygens (including phenoxy) is 1. The van der Waals surface area contributed by atoms with Crippen molar-refractivity contribution in [3.63, 3.8) is 0 Å². The zero-order valence-corrected chi connectivity index (χ0v) is 11.2. The summed E-state index contributed by atoms with van der Waals surface area (Å²) in [6.45, 7) is 3.89. The van der Waals surface area contributed by atoms with Crippen LogP contribution in [0.4, 0.5) is 0 Å². The van der Waals surface area contributed by atoms with E-state index in [9.17, 15) is 4.79 Å². The van der Waals surface area contributed by atoms with Crippen LogP contribution >= 0.6 is 11.6 Å². The summed E-state index contributed by atoms with van der Waals surface area (Å²) in [5.74, 6) is 0.420. The molecule has 2 aromatic rings. The fraction of sp³-hybridized carbons (Fsp3) is 0.500. The van der Waals surface area contributed by atoms with Gasteiger partial charge >= 0.3 is 5.97 Å². The summed E-state index contributed by atoms with van der Waals surface area (Å²) in [6.07, 6.45) is 0. The fourth-order valence-corrected chi connectivity index (χ4v) is 1.75. The summed E-state index contributed by atoms with van der Waals surface area (Å²) >= 11 is 5.82. The molecule has 0 amide bonds. The lowest BCUT2D eigenvalue weighted by Gasteiger charge is -2.02. The first kappa shape index (κ1) is 13.5. The highest BCUT2D eigenvalue weighted by molar-refractivity contribution is 6.17. The standard InChI is InChI=1S/C10H12ClN5O3/c1-3-18-10(17)9-7(4-11)16(15-13-9)5-8-12-6(2)19-14-8/h3-5H2,1-2H3. The molecule has 0 aromatic carbocycles. The van der Waals surface area contributed by atoms with Crippen LogP contribution in [0.5, 0.6) is 0 Å². The number of hydrogen-bond donors (Lipinski definition) is 0. The van der Waals surface area contributed by atoms with Gasteiger partial charge in [0.05, 0.1) is 18.2 Å². The number of halogens is 1. The molecule has 9 heteroatoms. The molecule has 2 heterocycles. The van der Waals surface area contributed by atoms with E-state index in [0.29, 0.717) is 17.4 Å². The molecular formula is C10H12ClN5O3. The van der Waals surface area contributed by atoms with Crippen LogP contribution in [-0.4, -0.2) is 37.7 Å². The lowest BCUT2D eigenvalue weighted by molar-refractivity contribution is 0.0518. The Balaban J connectivity index is 2.24. The van der Waals surface area contributed by atoms with Gasteiger partial charge in [0.15, 0.2) is 11.5 Å². The first-order valence-electron chi connectivity index (χ1n) is 5.60. The molecule has 102 valence electrons. The first-order valence-corrected chi connectivity index (χ1v) is 6.13. The number of aryl methyl sites for hydroxylation is 1. The van der Waals surface area contributed by atoms with E-state index < -0.39 is 5.97 Å². The maximum Gasteiger partial charge on any atom is 0.360 e. The molecule has 2 rings (SSSR count). The maximum atomic E-state index is 11.6. The van der Waals surface area contributed by atoms with E-state index in [1.54, 1.807) is 13.8 Å². The quantitative estimate of drug-likeness (QED) is 0.595. The minimum Gasteiger partial charge on any atom is -0.461 e. The van der Waals surface area contributed by atoms with Crippen LogP contribution in [0, 0.1) is 6.92 Å². The molecule has 19 heavy (non-hydrogen) atoms. The second-order valence-corrected chi connectivity index (χ2v) is 3.89. The van der Waals surface area contributed by atoms with Gasteiger partial charge in [-0.1, -0.05) is 10.4 Å². The molecule has 0 aliphatic heterocycles. The summed E-state index contributed by atoms with van der Waals surface area (Å²) < 4.78 is 11.2. The van der Waals surface area contributed by atoms with E-state index in [-0.39, 0.29) is 24.7 Å². The highest BCUT2D eigenvalue weighted by Gasteiger charge is 2.21. The van der Waals surface area contributed by atoms with Crippen molar-refractivity contribution >= 4 is 17.6 Å². The third-order valence-corrected chi connectivity index (χ3v) is 2.55. The van der Waals surface area contributed by atoms with E-state index in [2.05, 4.69) is 20.5 Å². The maximum absolute atomic E-state index is 11.6. The summed E-state index contributed by atoms with van der Waals surface area (Å²) in [7, 11) is 0. The van der Waals surface area contributed by atoms with Gasteiger partial charge in [-0.15, -0.1) is 16.7 Å². The van der Waals surface area contributed by atoms with E-state index in [0.717, 1.165) is 0 Å². The number of carbonyl (C=O) groups is 1. The number of esters is 1. The molecule has 8 nitrogen and oxygen atoms in total. The second-order valence-electron chi connectivity index (χ2n) is 3.63. The minimum atomic E-state index is -0.548. The van der Waals surface area contributed by atoms with Crippen molar-refractivity contribution in [1.82, 2.24) is 25.1 Å². The molecule has 0 aliphatic carbocycles. The Bertz CT molecular complexity index is 579. The highest BCUT2D eigenvalue weighted by atomic mass is 35.5. The van der Waals surface area contributed by atoms with Crippen molar-refractivity contribution in [2.24, 2.45) is 0 Å². The van der Waals surface area contributed by atoms with Gasteiger partial charge in [0.1, 0.15) is 6.54 Å². The topological polar surface area (TPSA) is 95.9 Å². The highest BCUT2D eigenvalue weighted by Crippen LogP contribution is 2.11. The number of aromatic nitrogens is 5. The second kappa shape index (κ2) is 5.79. The lowest BCUT2D eigenvalue weighted by atomic mass is 10.3. The van der Waals surface area contributed by atoms with Gasteiger partial charge in [0.25, 0.3) is 0 Å². The smallest absolute Gasteiger partial charge is 0.360 e. The van der Waals surface area contributed by atoms with Crippen molar-refractivity contribution in [1.29, 1.82) is 0 Å². The van der Waals surface area contributed by atoms with Crippen molar-refractivity contribution in [2.75, 3.05) is 6.61 Å². The van der Waals surface area contributed by atoms with Gasteiger partial charge in [-0.2, -0.15) is 4.98 Å². The third kappa shape index (κ3) is 2.90. The Hall–Kier alpha value is -1.96. The van der Waals surface area contributed by atoms with Crippen LogP contribution in [-0.2, 0) is 17.2 Å². The molecule has 0 atom stereocenters. The largest absolute Gasteiger partial charge is 0.461 e. The van der Waals surface area contributed by atoms with Crippen molar-refractivity contribution in [3.8, 4) is 0 Å². The minimum absolute atomic E-state index is 0.0813. The van der Waals surface area contributed by atoms with Crippen LogP contribution in [0.25, 0.3) is 0 Å². The van der Waals surface area contributed by atoms with E-state index >= 15 is 0 Å². The molecule has 0 saturated heterocycles. The Morgan fingerprint density at radius 2 is 2.32 bits per heavy atom. The summed E-state index contributed by atoms with van der Waals surface area (Å²) in [4.78, 5) is 15.7.